The van der Waals surface area contributed by atoms with Crippen LogP contribution in [0.4, 0.5) is 4.39 Å². The number of nitrogens with zero attached hydrogens (tertiary/aromatic N) is 2. The normalized spacial score (nSPS) is 10.6. The number of halogens is 2. The van der Waals surface area contributed by atoms with Gasteiger partial charge in [-0.15, -0.1) is 0 Å². The lowest BCUT2D eigenvalue weighted by Gasteiger charge is -1.99. The molecule has 0 saturated heterocycles. The van der Waals surface area contributed by atoms with Gasteiger partial charge in [-0.1, -0.05) is 11.6 Å². The van der Waals surface area contributed by atoms with Crippen LogP contribution in [0.5, 0.6) is 5.75 Å². The van der Waals surface area contributed by atoms with Crippen LogP contribution in [0.3, 0.4) is 0 Å². The van der Waals surface area contributed by atoms with Crippen LogP contribution in [0.1, 0.15) is 0 Å². The van der Waals surface area contributed by atoms with E-state index in [1.54, 1.807) is 0 Å². The second-order valence-corrected chi connectivity index (χ2v) is 2.84. The van der Waals surface area contributed by atoms with Gasteiger partial charge in [-0.05, 0) is 6.07 Å². The number of fused-ring (bicyclic) bond motifs is 1. The lowest BCUT2D eigenvalue weighted by Crippen LogP contribution is -1.85. The van der Waals surface area contributed by atoms with Gasteiger partial charge in [0.2, 0.25) is 0 Å². The van der Waals surface area contributed by atoms with E-state index in [2.05, 4.69) is 9.97 Å². The van der Waals surface area contributed by atoms with Crippen LogP contribution in [-0.4, -0.2) is 15.1 Å². The van der Waals surface area contributed by atoms with Gasteiger partial charge in [0.25, 0.3) is 0 Å². The van der Waals surface area contributed by atoms with E-state index in [1.807, 2.05) is 0 Å². The molecule has 3 nitrogen and oxygen atoms in total. The maximum absolute atomic E-state index is 12.8. The Kier molecular flexibility index (Phi) is 1.77. The van der Waals surface area contributed by atoms with Gasteiger partial charge in [-0.25, -0.2) is 14.4 Å². The lowest BCUT2D eigenvalue weighted by molar-refractivity contribution is 0.433. The number of phenols is 1. The van der Waals surface area contributed by atoms with Crippen LogP contribution in [0, 0.1) is 5.82 Å². The standard InChI is InChI=1S/C8H4ClFN2O/c9-8-4-1-7(13)5(10)2-6(4)11-3-12-8/h1-3,13H. The van der Waals surface area contributed by atoms with Crippen LogP contribution in [0.25, 0.3) is 10.9 Å². The molecule has 0 saturated carbocycles. The van der Waals surface area contributed by atoms with Gasteiger partial charge < -0.3 is 5.11 Å². The Morgan fingerprint density at radius 1 is 1.31 bits per heavy atom. The molecule has 0 fully saturated rings. The number of aromatic hydroxyl groups is 1. The molecule has 0 radical (unpaired) electrons. The molecule has 13 heavy (non-hydrogen) atoms. The van der Waals surface area contributed by atoms with Crippen LogP contribution < -0.4 is 0 Å². The molecule has 1 N–H and O–H groups in total. The average Bonchev–Trinajstić information content (AvgIpc) is 2.09. The predicted molar refractivity (Wildman–Crippen MR) is 46.2 cm³/mol. The molecule has 0 aliphatic heterocycles. The Bertz CT molecular complexity index is 475. The second kappa shape index (κ2) is 2.81. The van der Waals surface area contributed by atoms with Gasteiger partial charge in [-0.2, -0.15) is 0 Å². The minimum Gasteiger partial charge on any atom is -0.505 e. The average molecular weight is 199 g/mol. The van der Waals surface area contributed by atoms with Gasteiger partial charge in [0, 0.05) is 11.5 Å². The molecule has 0 amide bonds. The Morgan fingerprint density at radius 2 is 2.08 bits per heavy atom. The van der Waals surface area contributed by atoms with Crippen molar-refractivity contribution in [3.05, 3.63) is 29.4 Å². The first kappa shape index (κ1) is 8.19. The third kappa shape index (κ3) is 1.29. The fourth-order valence-corrected chi connectivity index (χ4v) is 1.23. The minimum atomic E-state index is -0.720. The van der Waals surface area contributed by atoms with E-state index in [9.17, 15) is 4.39 Å². The summed E-state index contributed by atoms with van der Waals surface area (Å²) in [5, 5.41) is 9.68. The molecule has 2 aromatic rings. The molecule has 66 valence electrons. The first-order valence-electron chi connectivity index (χ1n) is 3.47. The largest absolute Gasteiger partial charge is 0.505 e. The zero-order chi connectivity index (χ0) is 9.42. The molecule has 0 unspecified atom stereocenters. The quantitative estimate of drug-likeness (QED) is 0.660. The number of benzene rings is 1. The van der Waals surface area contributed by atoms with Crippen LogP contribution >= 0.6 is 11.6 Å². The topological polar surface area (TPSA) is 46.0 Å². The zero-order valence-corrected chi connectivity index (χ0v) is 7.09. The van der Waals surface area contributed by atoms with E-state index in [-0.39, 0.29) is 5.15 Å². The fourth-order valence-electron chi connectivity index (χ4n) is 1.03. The molecular weight excluding hydrogens is 195 g/mol. The summed E-state index contributed by atoms with van der Waals surface area (Å²) in [5.41, 5.74) is 0.371. The summed E-state index contributed by atoms with van der Waals surface area (Å²) in [6.45, 7) is 0. The number of hydrogen-bond acceptors (Lipinski definition) is 3. The molecule has 5 heteroatoms. The van der Waals surface area contributed by atoms with E-state index in [4.69, 9.17) is 16.7 Å². The Labute approximate surface area is 77.8 Å². The van der Waals surface area contributed by atoms with Crippen molar-refractivity contribution in [2.75, 3.05) is 0 Å². The van der Waals surface area contributed by atoms with E-state index in [0.29, 0.717) is 10.9 Å². The molecular formula is C8H4ClFN2O. The summed E-state index contributed by atoms with van der Waals surface area (Å²) in [5.74, 6) is -1.17. The predicted octanol–water partition coefficient (Wildman–Crippen LogP) is 2.13. The molecule has 2 rings (SSSR count). The number of rotatable bonds is 0. The van der Waals surface area contributed by atoms with E-state index in [1.165, 1.54) is 12.4 Å². The Hall–Kier alpha value is -1.42. The Balaban J connectivity index is 2.89. The van der Waals surface area contributed by atoms with Crippen molar-refractivity contribution >= 4 is 22.5 Å². The van der Waals surface area contributed by atoms with E-state index < -0.39 is 11.6 Å². The first-order valence-corrected chi connectivity index (χ1v) is 3.85. The van der Waals surface area contributed by atoms with Crippen molar-refractivity contribution in [2.24, 2.45) is 0 Å². The number of phenolic OH excluding ortho intramolecular Hbond substituents is 1. The summed E-state index contributed by atoms with van der Waals surface area (Å²) in [4.78, 5) is 7.50. The SMILES string of the molecule is Oc1cc2c(Cl)ncnc2cc1F. The minimum absolute atomic E-state index is 0.195. The van der Waals surface area contributed by atoms with Crippen molar-refractivity contribution < 1.29 is 9.50 Å². The molecule has 0 atom stereocenters. The molecule has 0 aliphatic rings. The lowest BCUT2D eigenvalue weighted by atomic mass is 10.2. The summed E-state index contributed by atoms with van der Waals surface area (Å²) in [6.07, 6.45) is 1.24. The van der Waals surface area contributed by atoms with Gasteiger partial charge >= 0.3 is 0 Å². The molecule has 1 aromatic carbocycles. The summed E-state index contributed by atoms with van der Waals surface area (Å²) in [7, 11) is 0. The smallest absolute Gasteiger partial charge is 0.166 e. The third-order valence-corrected chi connectivity index (χ3v) is 1.96. The van der Waals surface area contributed by atoms with Crippen molar-refractivity contribution in [3.8, 4) is 5.75 Å². The van der Waals surface area contributed by atoms with Crippen LogP contribution in [0.15, 0.2) is 18.5 Å². The van der Waals surface area contributed by atoms with Gasteiger partial charge in [0.15, 0.2) is 11.6 Å². The zero-order valence-electron chi connectivity index (χ0n) is 6.33. The molecule has 0 bridgehead atoms. The maximum atomic E-state index is 12.8. The monoisotopic (exact) mass is 198 g/mol. The highest BCUT2D eigenvalue weighted by molar-refractivity contribution is 6.34. The summed E-state index contributed by atoms with van der Waals surface area (Å²) < 4.78 is 12.8. The first-order chi connectivity index (χ1) is 6.18. The van der Waals surface area contributed by atoms with Gasteiger partial charge in [0.1, 0.15) is 11.5 Å². The highest BCUT2D eigenvalue weighted by atomic mass is 35.5. The fraction of sp³-hybridized carbons (Fsp3) is 0. The molecule has 1 aromatic heterocycles. The van der Waals surface area contributed by atoms with Crippen molar-refractivity contribution in [3.63, 3.8) is 0 Å². The van der Waals surface area contributed by atoms with Crippen molar-refractivity contribution in [1.29, 1.82) is 0 Å². The molecule has 0 spiro atoms. The third-order valence-electron chi connectivity index (χ3n) is 1.66. The summed E-state index contributed by atoms with van der Waals surface area (Å²) in [6, 6.07) is 2.31. The Morgan fingerprint density at radius 3 is 2.85 bits per heavy atom. The highest BCUT2D eigenvalue weighted by Crippen LogP contribution is 2.25. The second-order valence-electron chi connectivity index (χ2n) is 2.49. The summed E-state index contributed by atoms with van der Waals surface area (Å²) >= 11 is 5.70. The molecule has 0 aliphatic carbocycles. The van der Waals surface area contributed by atoms with E-state index >= 15 is 0 Å². The van der Waals surface area contributed by atoms with Gasteiger partial charge in [-0.3, -0.25) is 0 Å². The van der Waals surface area contributed by atoms with E-state index in [0.717, 1.165) is 6.07 Å². The van der Waals surface area contributed by atoms with Gasteiger partial charge in [0.05, 0.1) is 5.52 Å². The van der Waals surface area contributed by atoms with Crippen molar-refractivity contribution in [1.82, 2.24) is 9.97 Å². The maximum Gasteiger partial charge on any atom is 0.166 e. The van der Waals surface area contributed by atoms with Crippen LogP contribution in [0.2, 0.25) is 5.15 Å². The number of aromatic nitrogens is 2. The van der Waals surface area contributed by atoms with Crippen LogP contribution in [-0.2, 0) is 0 Å². The highest BCUT2D eigenvalue weighted by Gasteiger charge is 2.06. The molecule has 1 heterocycles. The number of hydrogen-bond donors (Lipinski definition) is 1. The van der Waals surface area contributed by atoms with Crippen molar-refractivity contribution in [2.45, 2.75) is 0 Å².